The molecular formula is C26H35N3O3. The van der Waals surface area contributed by atoms with Crippen molar-refractivity contribution < 1.29 is 14.3 Å². The number of methoxy groups -OCH3 is 1. The van der Waals surface area contributed by atoms with E-state index >= 15 is 0 Å². The molecule has 1 aliphatic heterocycles. The quantitative estimate of drug-likeness (QED) is 0.574. The SMILES string of the molecule is C/C=C/c1ccc(OCC(=O)NCCCN2CCN(c3cccc(C)c3)CC2)c(OC)c1. The third-order valence-electron chi connectivity index (χ3n) is 5.62. The van der Waals surface area contributed by atoms with Crippen LogP contribution in [0.2, 0.25) is 0 Å². The normalized spacial score (nSPS) is 14.5. The third kappa shape index (κ3) is 7.02. The first-order valence-electron chi connectivity index (χ1n) is 11.3. The number of carbonyl (C=O) groups is 1. The van der Waals surface area contributed by atoms with Gasteiger partial charge in [-0.25, -0.2) is 0 Å². The second kappa shape index (κ2) is 12.2. The maximum Gasteiger partial charge on any atom is 0.257 e. The van der Waals surface area contributed by atoms with Crippen LogP contribution in [0.15, 0.2) is 48.5 Å². The van der Waals surface area contributed by atoms with E-state index in [4.69, 9.17) is 9.47 Å². The molecule has 1 heterocycles. The molecule has 0 bridgehead atoms. The predicted octanol–water partition coefficient (Wildman–Crippen LogP) is 3.74. The highest BCUT2D eigenvalue weighted by molar-refractivity contribution is 5.77. The number of amides is 1. The number of anilines is 1. The average molecular weight is 438 g/mol. The lowest BCUT2D eigenvalue weighted by atomic mass is 10.2. The molecule has 32 heavy (non-hydrogen) atoms. The number of aryl methyl sites for hydroxylation is 1. The molecule has 2 aromatic rings. The second-order valence-electron chi connectivity index (χ2n) is 8.07. The molecule has 0 aromatic heterocycles. The van der Waals surface area contributed by atoms with Crippen molar-refractivity contribution in [3.05, 3.63) is 59.7 Å². The maximum atomic E-state index is 12.2. The summed E-state index contributed by atoms with van der Waals surface area (Å²) in [7, 11) is 1.60. The van der Waals surface area contributed by atoms with Gasteiger partial charge in [0.15, 0.2) is 18.1 Å². The Morgan fingerprint density at radius 1 is 1.09 bits per heavy atom. The Bertz CT molecular complexity index is 905. The van der Waals surface area contributed by atoms with Gasteiger partial charge in [0.1, 0.15) is 0 Å². The van der Waals surface area contributed by atoms with Crippen LogP contribution in [0.5, 0.6) is 11.5 Å². The smallest absolute Gasteiger partial charge is 0.257 e. The Balaban J connectivity index is 1.32. The van der Waals surface area contributed by atoms with Gasteiger partial charge in [-0.3, -0.25) is 9.69 Å². The van der Waals surface area contributed by atoms with Crippen LogP contribution in [0.1, 0.15) is 24.5 Å². The zero-order valence-corrected chi connectivity index (χ0v) is 19.5. The number of ether oxygens (including phenoxy) is 2. The number of rotatable bonds is 10. The van der Waals surface area contributed by atoms with Crippen LogP contribution >= 0.6 is 0 Å². The van der Waals surface area contributed by atoms with Crippen molar-refractivity contribution in [3.63, 3.8) is 0 Å². The number of hydrogen-bond donors (Lipinski definition) is 1. The number of allylic oxidation sites excluding steroid dienone is 1. The van der Waals surface area contributed by atoms with E-state index in [0.29, 0.717) is 18.0 Å². The average Bonchev–Trinajstić information content (AvgIpc) is 2.81. The van der Waals surface area contributed by atoms with Crippen LogP contribution in [-0.4, -0.2) is 63.8 Å². The topological polar surface area (TPSA) is 54.0 Å². The van der Waals surface area contributed by atoms with E-state index in [1.54, 1.807) is 7.11 Å². The van der Waals surface area contributed by atoms with E-state index in [2.05, 4.69) is 46.3 Å². The molecule has 0 saturated carbocycles. The molecule has 3 rings (SSSR count). The van der Waals surface area contributed by atoms with Crippen LogP contribution in [0, 0.1) is 6.92 Å². The van der Waals surface area contributed by atoms with Crippen LogP contribution in [0.25, 0.3) is 6.08 Å². The fourth-order valence-corrected chi connectivity index (χ4v) is 3.88. The first kappa shape index (κ1) is 23.7. The number of carbonyl (C=O) groups excluding carboxylic acids is 1. The molecule has 1 fully saturated rings. The summed E-state index contributed by atoms with van der Waals surface area (Å²) >= 11 is 0. The summed E-state index contributed by atoms with van der Waals surface area (Å²) in [6.45, 7) is 9.90. The van der Waals surface area contributed by atoms with Crippen molar-refractivity contribution in [1.29, 1.82) is 0 Å². The molecule has 6 nitrogen and oxygen atoms in total. The molecule has 6 heteroatoms. The minimum Gasteiger partial charge on any atom is -0.493 e. The van der Waals surface area contributed by atoms with Crippen molar-refractivity contribution in [2.24, 2.45) is 0 Å². The van der Waals surface area contributed by atoms with Gasteiger partial charge in [0.05, 0.1) is 7.11 Å². The number of hydrogen-bond acceptors (Lipinski definition) is 5. The summed E-state index contributed by atoms with van der Waals surface area (Å²) in [5.41, 5.74) is 3.64. The van der Waals surface area contributed by atoms with E-state index < -0.39 is 0 Å². The first-order valence-corrected chi connectivity index (χ1v) is 11.3. The van der Waals surface area contributed by atoms with E-state index in [9.17, 15) is 4.79 Å². The molecule has 0 aliphatic carbocycles. The van der Waals surface area contributed by atoms with Crippen LogP contribution in [0.3, 0.4) is 0 Å². The molecule has 0 radical (unpaired) electrons. The van der Waals surface area contributed by atoms with Crippen molar-refractivity contribution in [1.82, 2.24) is 10.2 Å². The molecule has 1 N–H and O–H groups in total. The van der Waals surface area contributed by atoms with Crippen molar-refractivity contribution in [2.45, 2.75) is 20.3 Å². The molecule has 172 valence electrons. The van der Waals surface area contributed by atoms with E-state index in [1.807, 2.05) is 37.3 Å². The van der Waals surface area contributed by atoms with Gasteiger partial charge >= 0.3 is 0 Å². The Labute approximate surface area is 191 Å². The maximum absolute atomic E-state index is 12.2. The molecule has 1 amide bonds. The molecule has 0 atom stereocenters. The van der Waals surface area contributed by atoms with Gasteiger partial charge in [0.25, 0.3) is 5.91 Å². The van der Waals surface area contributed by atoms with Gasteiger partial charge in [-0.1, -0.05) is 30.4 Å². The highest BCUT2D eigenvalue weighted by Gasteiger charge is 2.17. The minimum absolute atomic E-state index is 0.0194. The molecule has 0 unspecified atom stereocenters. The van der Waals surface area contributed by atoms with Crippen LogP contribution < -0.4 is 19.7 Å². The fourth-order valence-electron chi connectivity index (χ4n) is 3.88. The zero-order valence-electron chi connectivity index (χ0n) is 19.5. The lowest BCUT2D eigenvalue weighted by Gasteiger charge is -2.36. The number of benzene rings is 2. The fraction of sp³-hybridized carbons (Fsp3) is 0.423. The molecule has 2 aromatic carbocycles. The number of nitrogens with one attached hydrogen (secondary N) is 1. The largest absolute Gasteiger partial charge is 0.493 e. The highest BCUT2D eigenvalue weighted by atomic mass is 16.5. The van der Waals surface area contributed by atoms with Gasteiger partial charge in [-0.05, 0) is 62.2 Å². The van der Waals surface area contributed by atoms with Gasteiger partial charge < -0.3 is 19.7 Å². The summed E-state index contributed by atoms with van der Waals surface area (Å²) < 4.78 is 11.0. The predicted molar refractivity (Wildman–Crippen MR) is 131 cm³/mol. The molecule has 1 aliphatic rings. The standard InChI is InChI=1S/C26H35N3O3/c1-4-7-22-10-11-24(25(19-22)31-3)32-20-26(30)27-12-6-13-28-14-16-29(17-15-28)23-9-5-8-21(2)18-23/h4-5,7-11,18-19H,6,12-17,20H2,1-3H3,(H,27,30)/b7-4+. The van der Waals surface area contributed by atoms with Gasteiger partial charge in [0.2, 0.25) is 0 Å². The van der Waals surface area contributed by atoms with Crippen LogP contribution in [-0.2, 0) is 4.79 Å². The van der Waals surface area contributed by atoms with Crippen molar-refractivity contribution >= 4 is 17.7 Å². The summed E-state index contributed by atoms with van der Waals surface area (Å²) in [4.78, 5) is 17.1. The van der Waals surface area contributed by atoms with Gasteiger partial charge in [-0.2, -0.15) is 0 Å². The lowest BCUT2D eigenvalue weighted by molar-refractivity contribution is -0.123. The highest BCUT2D eigenvalue weighted by Crippen LogP contribution is 2.28. The van der Waals surface area contributed by atoms with Crippen LogP contribution in [0.4, 0.5) is 5.69 Å². The summed E-state index contributed by atoms with van der Waals surface area (Å²) in [5.74, 6) is 1.08. The summed E-state index contributed by atoms with van der Waals surface area (Å²) in [5, 5.41) is 2.95. The second-order valence-corrected chi connectivity index (χ2v) is 8.07. The molecule has 1 saturated heterocycles. The van der Waals surface area contributed by atoms with E-state index in [0.717, 1.165) is 44.7 Å². The Kier molecular flexibility index (Phi) is 8.99. The number of nitrogens with zero attached hydrogens (tertiary/aromatic N) is 2. The summed E-state index contributed by atoms with van der Waals surface area (Å²) in [6, 6.07) is 14.4. The zero-order chi connectivity index (χ0) is 22.8. The minimum atomic E-state index is -0.117. The van der Waals surface area contributed by atoms with Crippen molar-refractivity contribution in [2.75, 3.05) is 57.9 Å². The van der Waals surface area contributed by atoms with Gasteiger partial charge in [-0.15, -0.1) is 0 Å². The Morgan fingerprint density at radius 3 is 2.62 bits per heavy atom. The molecular weight excluding hydrogens is 402 g/mol. The third-order valence-corrected chi connectivity index (χ3v) is 5.62. The summed E-state index contributed by atoms with van der Waals surface area (Å²) in [6.07, 6.45) is 4.88. The molecule has 0 spiro atoms. The number of piperazine rings is 1. The first-order chi connectivity index (χ1) is 15.6. The Morgan fingerprint density at radius 2 is 1.91 bits per heavy atom. The van der Waals surface area contributed by atoms with Crippen molar-refractivity contribution in [3.8, 4) is 11.5 Å². The Hall–Kier alpha value is -2.99. The lowest BCUT2D eigenvalue weighted by Crippen LogP contribution is -2.47. The van der Waals surface area contributed by atoms with E-state index in [1.165, 1.54) is 11.3 Å². The van der Waals surface area contributed by atoms with Gasteiger partial charge in [0, 0.05) is 38.4 Å². The van der Waals surface area contributed by atoms with E-state index in [-0.39, 0.29) is 12.5 Å². The monoisotopic (exact) mass is 437 g/mol.